The lowest BCUT2D eigenvalue weighted by atomic mass is 10.3. The van der Waals surface area contributed by atoms with Crippen LogP contribution in [0.3, 0.4) is 0 Å². The van der Waals surface area contributed by atoms with Crippen molar-refractivity contribution in [2.45, 2.75) is 6.04 Å². The Balaban J connectivity index is 3.32. The van der Waals surface area contributed by atoms with E-state index in [2.05, 4.69) is 0 Å². The fourth-order valence-electron chi connectivity index (χ4n) is 0.262. The fourth-order valence-corrected chi connectivity index (χ4v) is 0.785. The first-order valence-electron chi connectivity index (χ1n) is 2.22. The third-order valence-electron chi connectivity index (χ3n) is 0.712. The molecule has 8 heavy (non-hydrogen) atoms. The first-order valence-corrected chi connectivity index (χ1v) is 3.61. The van der Waals surface area contributed by atoms with E-state index in [1.807, 2.05) is 6.26 Å². The quantitative estimate of drug-likeness (QED) is 0.529. The predicted molar refractivity (Wildman–Crippen MR) is 35.6 cm³/mol. The third-order valence-corrected chi connectivity index (χ3v) is 1.40. The molecular weight excluding hydrogens is 124 g/mol. The molecular formula is C4H10N2OS. The normalized spacial score (nSPS) is 13.2. The van der Waals surface area contributed by atoms with Gasteiger partial charge in [0.15, 0.2) is 0 Å². The molecule has 1 atom stereocenters. The van der Waals surface area contributed by atoms with Gasteiger partial charge in [-0.05, 0) is 6.26 Å². The van der Waals surface area contributed by atoms with Crippen molar-refractivity contribution in [2.24, 2.45) is 11.5 Å². The Hall–Kier alpha value is -0.220. The molecule has 4 heteroatoms. The van der Waals surface area contributed by atoms with E-state index in [4.69, 9.17) is 11.5 Å². The smallest absolute Gasteiger partial charge is 0.235 e. The molecule has 0 fully saturated rings. The largest absolute Gasteiger partial charge is 0.368 e. The molecule has 0 spiro atoms. The number of primary amides is 1. The van der Waals surface area contributed by atoms with E-state index in [0.29, 0.717) is 5.75 Å². The SMILES string of the molecule is CSCC(N)C(N)=O. The van der Waals surface area contributed by atoms with Crippen LogP contribution in [0.15, 0.2) is 0 Å². The summed E-state index contributed by atoms with van der Waals surface area (Å²) in [5.41, 5.74) is 10.1. The first kappa shape index (κ1) is 7.78. The monoisotopic (exact) mass is 134 g/mol. The second kappa shape index (κ2) is 3.74. The van der Waals surface area contributed by atoms with Crippen LogP contribution in [-0.2, 0) is 4.79 Å². The maximum Gasteiger partial charge on any atom is 0.235 e. The zero-order chi connectivity index (χ0) is 6.57. The molecule has 3 nitrogen and oxygen atoms in total. The summed E-state index contributed by atoms with van der Waals surface area (Å²) in [6.07, 6.45) is 1.88. The van der Waals surface area contributed by atoms with Gasteiger partial charge in [-0.3, -0.25) is 4.79 Å². The number of rotatable bonds is 3. The highest BCUT2D eigenvalue weighted by Crippen LogP contribution is 1.92. The van der Waals surface area contributed by atoms with Gasteiger partial charge in [0.25, 0.3) is 0 Å². The molecule has 1 unspecified atom stereocenters. The predicted octanol–water partition coefficient (Wildman–Crippen LogP) is -0.838. The Kier molecular flexibility index (Phi) is 3.64. The van der Waals surface area contributed by atoms with Gasteiger partial charge >= 0.3 is 0 Å². The minimum absolute atomic E-state index is 0.431. The van der Waals surface area contributed by atoms with E-state index < -0.39 is 11.9 Å². The second-order valence-corrected chi connectivity index (χ2v) is 2.37. The summed E-state index contributed by atoms with van der Waals surface area (Å²) in [4.78, 5) is 10.2. The lowest BCUT2D eigenvalue weighted by Crippen LogP contribution is -2.38. The minimum atomic E-state index is -0.481. The highest BCUT2D eigenvalue weighted by molar-refractivity contribution is 7.98. The number of hydrogen-bond acceptors (Lipinski definition) is 3. The number of amides is 1. The molecule has 0 saturated heterocycles. The van der Waals surface area contributed by atoms with E-state index in [1.165, 1.54) is 11.8 Å². The molecule has 0 aromatic heterocycles. The average molecular weight is 134 g/mol. The Morgan fingerprint density at radius 3 is 2.50 bits per heavy atom. The summed E-state index contributed by atoms with van der Waals surface area (Å²) in [5.74, 6) is 0.175. The van der Waals surface area contributed by atoms with Crippen molar-refractivity contribution >= 4 is 17.7 Å². The molecule has 0 saturated carbocycles. The van der Waals surface area contributed by atoms with Crippen LogP contribution in [0.25, 0.3) is 0 Å². The van der Waals surface area contributed by atoms with Crippen molar-refractivity contribution < 1.29 is 4.79 Å². The van der Waals surface area contributed by atoms with Crippen molar-refractivity contribution in [3.05, 3.63) is 0 Å². The topological polar surface area (TPSA) is 69.1 Å². The molecule has 0 radical (unpaired) electrons. The Morgan fingerprint density at radius 1 is 1.88 bits per heavy atom. The maximum atomic E-state index is 10.2. The van der Waals surface area contributed by atoms with E-state index in [9.17, 15) is 4.79 Å². The van der Waals surface area contributed by atoms with Gasteiger partial charge in [0.2, 0.25) is 5.91 Å². The molecule has 0 aromatic carbocycles. The Bertz CT molecular complexity index is 86.1. The number of hydrogen-bond donors (Lipinski definition) is 2. The highest BCUT2D eigenvalue weighted by Gasteiger charge is 2.05. The highest BCUT2D eigenvalue weighted by atomic mass is 32.2. The van der Waals surface area contributed by atoms with E-state index >= 15 is 0 Å². The summed E-state index contributed by atoms with van der Waals surface area (Å²) >= 11 is 1.51. The zero-order valence-corrected chi connectivity index (χ0v) is 5.57. The van der Waals surface area contributed by atoms with Crippen LogP contribution in [0.4, 0.5) is 0 Å². The summed E-state index contributed by atoms with van der Waals surface area (Å²) in [6, 6.07) is -0.481. The molecule has 0 aliphatic heterocycles. The molecule has 0 heterocycles. The Morgan fingerprint density at radius 2 is 2.38 bits per heavy atom. The molecule has 0 aliphatic carbocycles. The van der Waals surface area contributed by atoms with Gasteiger partial charge in [-0.1, -0.05) is 0 Å². The van der Waals surface area contributed by atoms with Crippen molar-refractivity contribution in [3.8, 4) is 0 Å². The van der Waals surface area contributed by atoms with Crippen LogP contribution in [0, 0.1) is 0 Å². The number of carbonyl (C=O) groups is 1. The van der Waals surface area contributed by atoms with Crippen molar-refractivity contribution in [2.75, 3.05) is 12.0 Å². The van der Waals surface area contributed by atoms with Crippen LogP contribution in [0.5, 0.6) is 0 Å². The molecule has 4 N–H and O–H groups in total. The van der Waals surface area contributed by atoms with Crippen LogP contribution in [0.2, 0.25) is 0 Å². The summed E-state index contributed by atoms with van der Waals surface area (Å²) in [6.45, 7) is 0. The third kappa shape index (κ3) is 2.87. The molecule has 0 aliphatic rings. The van der Waals surface area contributed by atoms with E-state index in [1.54, 1.807) is 0 Å². The van der Waals surface area contributed by atoms with Gasteiger partial charge in [-0.25, -0.2) is 0 Å². The molecule has 0 bridgehead atoms. The van der Waals surface area contributed by atoms with Gasteiger partial charge in [-0.15, -0.1) is 0 Å². The second-order valence-electron chi connectivity index (χ2n) is 1.46. The standard InChI is InChI=1S/C4H10N2OS/c1-8-2-3(5)4(6)7/h3H,2,5H2,1H3,(H2,6,7). The molecule has 48 valence electrons. The zero-order valence-electron chi connectivity index (χ0n) is 4.76. The van der Waals surface area contributed by atoms with Crippen LogP contribution in [-0.4, -0.2) is 24.0 Å². The summed E-state index contributed by atoms with van der Waals surface area (Å²) in [5, 5.41) is 0. The van der Waals surface area contributed by atoms with E-state index in [-0.39, 0.29) is 0 Å². The van der Waals surface area contributed by atoms with Gasteiger partial charge in [-0.2, -0.15) is 11.8 Å². The number of nitrogens with two attached hydrogens (primary N) is 2. The van der Waals surface area contributed by atoms with Gasteiger partial charge in [0.05, 0.1) is 6.04 Å². The summed E-state index contributed by atoms with van der Waals surface area (Å²) < 4.78 is 0. The molecule has 0 rings (SSSR count). The van der Waals surface area contributed by atoms with Crippen LogP contribution in [0.1, 0.15) is 0 Å². The number of thioether (sulfide) groups is 1. The molecule has 1 amide bonds. The number of carbonyl (C=O) groups excluding carboxylic acids is 1. The van der Waals surface area contributed by atoms with Crippen molar-refractivity contribution in [3.63, 3.8) is 0 Å². The summed E-state index contributed by atoms with van der Waals surface area (Å²) in [7, 11) is 0. The van der Waals surface area contributed by atoms with Gasteiger partial charge in [0.1, 0.15) is 0 Å². The lowest BCUT2D eigenvalue weighted by molar-refractivity contribution is -0.118. The average Bonchev–Trinajstić information content (AvgIpc) is 1.67. The first-order chi connectivity index (χ1) is 3.68. The van der Waals surface area contributed by atoms with Gasteiger partial charge in [0, 0.05) is 5.75 Å². The van der Waals surface area contributed by atoms with E-state index in [0.717, 1.165) is 0 Å². The maximum absolute atomic E-state index is 10.2. The van der Waals surface area contributed by atoms with Crippen LogP contribution < -0.4 is 11.5 Å². The van der Waals surface area contributed by atoms with Crippen molar-refractivity contribution in [1.29, 1.82) is 0 Å². The molecule has 0 aromatic rings. The van der Waals surface area contributed by atoms with Crippen LogP contribution >= 0.6 is 11.8 Å². The lowest BCUT2D eigenvalue weighted by Gasteiger charge is -2.01. The minimum Gasteiger partial charge on any atom is -0.368 e. The van der Waals surface area contributed by atoms with Crippen molar-refractivity contribution in [1.82, 2.24) is 0 Å². The fraction of sp³-hybridized carbons (Fsp3) is 0.750. The Labute approximate surface area is 52.8 Å². The van der Waals surface area contributed by atoms with Gasteiger partial charge < -0.3 is 11.5 Å².